The maximum absolute atomic E-state index is 12.2. The summed E-state index contributed by atoms with van der Waals surface area (Å²) in [5.41, 5.74) is 3.60. The maximum atomic E-state index is 12.2. The van der Waals surface area contributed by atoms with Crippen LogP contribution in [0.2, 0.25) is 0 Å². The van der Waals surface area contributed by atoms with E-state index in [4.69, 9.17) is 0 Å². The van der Waals surface area contributed by atoms with E-state index in [0.29, 0.717) is 5.56 Å². The summed E-state index contributed by atoms with van der Waals surface area (Å²) in [6.07, 6.45) is 0. The predicted molar refractivity (Wildman–Crippen MR) is 87.6 cm³/mol. The van der Waals surface area contributed by atoms with Gasteiger partial charge in [0.1, 0.15) is 0 Å². The minimum atomic E-state index is -0.110. The van der Waals surface area contributed by atoms with Crippen LogP contribution in [0.25, 0.3) is 0 Å². The summed E-state index contributed by atoms with van der Waals surface area (Å²) < 4.78 is 0.876. The number of hydrogen-bond donors (Lipinski definition) is 1. The van der Waals surface area contributed by atoms with E-state index in [-0.39, 0.29) is 5.91 Å². The Bertz CT molecular complexity index is 621. The average molecular weight is 333 g/mol. The van der Waals surface area contributed by atoms with Crippen molar-refractivity contribution in [3.05, 3.63) is 58.1 Å². The lowest BCUT2D eigenvalue weighted by Crippen LogP contribution is -2.13. The summed E-state index contributed by atoms with van der Waals surface area (Å²) in [6, 6.07) is 13.4. The number of anilines is 2. The Balaban J connectivity index is 2.17. The van der Waals surface area contributed by atoms with Crippen LogP contribution in [-0.2, 0) is 0 Å². The summed E-state index contributed by atoms with van der Waals surface area (Å²) in [5.74, 6) is -0.110. The topological polar surface area (TPSA) is 32.3 Å². The highest BCUT2D eigenvalue weighted by atomic mass is 79.9. The summed E-state index contributed by atoms with van der Waals surface area (Å²) in [7, 11) is 3.94. The molecular formula is C16H17BrN2O. The van der Waals surface area contributed by atoms with Gasteiger partial charge in [0.05, 0.1) is 5.69 Å². The molecule has 0 aliphatic heterocycles. The van der Waals surface area contributed by atoms with Crippen LogP contribution in [0.1, 0.15) is 15.9 Å². The number of hydrogen-bond acceptors (Lipinski definition) is 2. The molecule has 3 nitrogen and oxygen atoms in total. The molecule has 4 heteroatoms. The van der Waals surface area contributed by atoms with Gasteiger partial charge in [0.2, 0.25) is 0 Å². The van der Waals surface area contributed by atoms with E-state index in [9.17, 15) is 4.79 Å². The van der Waals surface area contributed by atoms with Gasteiger partial charge in [-0.15, -0.1) is 0 Å². The largest absolute Gasteiger partial charge is 0.378 e. The quantitative estimate of drug-likeness (QED) is 0.918. The Kier molecular flexibility index (Phi) is 4.45. The fraction of sp³-hybridized carbons (Fsp3) is 0.188. The second-order valence-corrected chi connectivity index (χ2v) is 5.73. The molecule has 2 aromatic rings. The average Bonchev–Trinajstić information content (AvgIpc) is 2.43. The lowest BCUT2D eigenvalue weighted by Gasteiger charge is -2.13. The first kappa shape index (κ1) is 14.6. The lowest BCUT2D eigenvalue weighted by molar-refractivity contribution is 0.102. The number of carbonyl (C=O) groups is 1. The van der Waals surface area contributed by atoms with Crippen molar-refractivity contribution in [2.45, 2.75) is 6.92 Å². The van der Waals surface area contributed by atoms with Crippen molar-refractivity contribution in [3.63, 3.8) is 0 Å². The fourth-order valence-corrected chi connectivity index (χ4v) is 2.19. The minimum absolute atomic E-state index is 0.110. The van der Waals surface area contributed by atoms with Crippen molar-refractivity contribution in [1.29, 1.82) is 0 Å². The van der Waals surface area contributed by atoms with Gasteiger partial charge in [-0.25, -0.2) is 0 Å². The number of aryl methyl sites for hydroxylation is 1. The number of rotatable bonds is 3. The molecule has 2 aromatic carbocycles. The van der Waals surface area contributed by atoms with Gasteiger partial charge in [-0.2, -0.15) is 0 Å². The molecule has 0 saturated carbocycles. The van der Waals surface area contributed by atoms with E-state index < -0.39 is 0 Å². The number of halogens is 1. The molecule has 104 valence electrons. The SMILES string of the molecule is Cc1ccc(Br)c(NC(=O)c2ccc(N(C)C)cc2)c1. The second kappa shape index (κ2) is 6.09. The maximum Gasteiger partial charge on any atom is 0.255 e. The zero-order valence-electron chi connectivity index (χ0n) is 11.8. The third kappa shape index (κ3) is 3.39. The lowest BCUT2D eigenvalue weighted by atomic mass is 10.1. The van der Waals surface area contributed by atoms with Crippen molar-refractivity contribution in [2.24, 2.45) is 0 Å². The molecule has 0 aliphatic carbocycles. The highest BCUT2D eigenvalue weighted by Gasteiger charge is 2.08. The van der Waals surface area contributed by atoms with Crippen LogP contribution in [-0.4, -0.2) is 20.0 Å². The molecule has 20 heavy (non-hydrogen) atoms. The molecule has 0 unspecified atom stereocenters. The molecule has 0 bridgehead atoms. The smallest absolute Gasteiger partial charge is 0.255 e. The van der Waals surface area contributed by atoms with Gasteiger partial charge in [-0.1, -0.05) is 6.07 Å². The summed E-state index contributed by atoms with van der Waals surface area (Å²) in [5, 5.41) is 2.92. The minimum Gasteiger partial charge on any atom is -0.378 e. The highest BCUT2D eigenvalue weighted by Crippen LogP contribution is 2.24. The molecule has 1 N–H and O–H groups in total. The predicted octanol–water partition coefficient (Wildman–Crippen LogP) is 4.08. The van der Waals surface area contributed by atoms with Gasteiger partial charge in [0.15, 0.2) is 0 Å². The molecule has 0 heterocycles. The molecule has 0 aromatic heterocycles. The van der Waals surface area contributed by atoms with Crippen LogP contribution >= 0.6 is 15.9 Å². The van der Waals surface area contributed by atoms with Crippen LogP contribution in [0.3, 0.4) is 0 Å². The van der Waals surface area contributed by atoms with Crippen LogP contribution < -0.4 is 10.2 Å². The van der Waals surface area contributed by atoms with E-state index in [0.717, 1.165) is 21.4 Å². The van der Waals surface area contributed by atoms with Crippen LogP contribution in [0.15, 0.2) is 46.9 Å². The number of carbonyl (C=O) groups excluding carboxylic acids is 1. The molecule has 0 atom stereocenters. The first-order valence-corrected chi connectivity index (χ1v) is 7.11. The Morgan fingerprint density at radius 3 is 2.35 bits per heavy atom. The van der Waals surface area contributed by atoms with Crippen molar-refractivity contribution < 1.29 is 4.79 Å². The van der Waals surface area contributed by atoms with Crippen molar-refractivity contribution in [2.75, 3.05) is 24.3 Å². The number of benzene rings is 2. The summed E-state index contributed by atoms with van der Waals surface area (Å²) >= 11 is 3.44. The number of nitrogens with one attached hydrogen (secondary N) is 1. The molecule has 0 saturated heterocycles. The zero-order chi connectivity index (χ0) is 14.7. The zero-order valence-corrected chi connectivity index (χ0v) is 13.4. The third-order valence-corrected chi connectivity index (χ3v) is 3.71. The van der Waals surface area contributed by atoms with Gasteiger partial charge in [-0.05, 0) is 64.8 Å². The normalized spacial score (nSPS) is 10.2. The molecule has 0 aliphatic rings. The van der Waals surface area contributed by atoms with Gasteiger partial charge in [0, 0.05) is 29.8 Å². The van der Waals surface area contributed by atoms with Crippen molar-refractivity contribution in [3.8, 4) is 0 Å². The molecule has 2 rings (SSSR count). The van der Waals surface area contributed by atoms with Gasteiger partial charge >= 0.3 is 0 Å². The van der Waals surface area contributed by atoms with Gasteiger partial charge in [-0.3, -0.25) is 4.79 Å². The monoisotopic (exact) mass is 332 g/mol. The van der Waals surface area contributed by atoms with Gasteiger partial charge in [0.25, 0.3) is 5.91 Å². The van der Waals surface area contributed by atoms with Crippen molar-refractivity contribution >= 4 is 33.2 Å². The van der Waals surface area contributed by atoms with E-state index in [1.54, 1.807) is 0 Å². The molecule has 0 radical (unpaired) electrons. The molecule has 1 amide bonds. The molecule has 0 fully saturated rings. The summed E-state index contributed by atoms with van der Waals surface area (Å²) in [6.45, 7) is 1.99. The van der Waals surface area contributed by atoms with E-state index in [1.165, 1.54) is 0 Å². The molecule has 0 spiro atoms. The van der Waals surface area contributed by atoms with Gasteiger partial charge < -0.3 is 10.2 Å². The Hall–Kier alpha value is -1.81. The van der Waals surface area contributed by atoms with Crippen molar-refractivity contribution in [1.82, 2.24) is 0 Å². The van der Waals surface area contributed by atoms with Crippen LogP contribution in [0, 0.1) is 6.92 Å². The molecular weight excluding hydrogens is 316 g/mol. The highest BCUT2D eigenvalue weighted by molar-refractivity contribution is 9.10. The van der Waals surface area contributed by atoms with Crippen LogP contribution in [0.5, 0.6) is 0 Å². The van der Waals surface area contributed by atoms with E-state index >= 15 is 0 Å². The first-order chi connectivity index (χ1) is 9.47. The van der Waals surface area contributed by atoms with E-state index in [2.05, 4.69) is 21.2 Å². The second-order valence-electron chi connectivity index (χ2n) is 4.88. The van der Waals surface area contributed by atoms with E-state index in [1.807, 2.05) is 68.4 Å². The standard InChI is InChI=1S/C16H17BrN2O/c1-11-4-9-14(17)15(10-11)18-16(20)12-5-7-13(8-6-12)19(2)3/h4-10H,1-3H3,(H,18,20). The Morgan fingerprint density at radius 1 is 1.10 bits per heavy atom. The number of amides is 1. The summed E-state index contributed by atoms with van der Waals surface area (Å²) in [4.78, 5) is 14.2. The first-order valence-electron chi connectivity index (χ1n) is 6.32. The Labute approximate surface area is 127 Å². The fourth-order valence-electron chi connectivity index (χ4n) is 1.84. The third-order valence-electron chi connectivity index (χ3n) is 3.02. The Morgan fingerprint density at radius 2 is 1.75 bits per heavy atom. The number of nitrogens with zero attached hydrogens (tertiary/aromatic N) is 1. The van der Waals surface area contributed by atoms with Crippen LogP contribution in [0.4, 0.5) is 11.4 Å².